The maximum Gasteiger partial charge on any atom is 0.304 e. The molecule has 2 rings (SSSR count). The molecule has 1 aromatic carbocycles. The summed E-state index contributed by atoms with van der Waals surface area (Å²) in [5, 5.41) is 16.3. The normalized spacial score (nSPS) is 22.3. The highest BCUT2D eigenvalue weighted by atomic mass is 19.1. The molecule has 1 aliphatic rings. The number of hydrogen-bond acceptors (Lipinski definition) is 4. The van der Waals surface area contributed by atoms with Gasteiger partial charge >= 0.3 is 5.69 Å². The first-order chi connectivity index (χ1) is 9.42. The van der Waals surface area contributed by atoms with Crippen LogP contribution in [0.2, 0.25) is 0 Å². The van der Waals surface area contributed by atoms with Gasteiger partial charge in [-0.25, -0.2) is 0 Å². The van der Waals surface area contributed by atoms with E-state index >= 15 is 0 Å². The highest BCUT2D eigenvalue weighted by Gasteiger charge is 2.34. The number of carbonyl (C=O) groups excluding carboxylic acids is 1. The van der Waals surface area contributed by atoms with Gasteiger partial charge < -0.3 is 10.6 Å². The zero-order valence-electron chi connectivity index (χ0n) is 11.1. The molecule has 1 atom stereocenters. The number of halogens is 1. The van der Waals surface area contributed by atoms with Crippen LogP contribution >= 0.6 is 0 Å². The average molecular weight is 281 g/mol. The van der Waals surface area contributed by atoms with Crippen molar-refractivity contribution in [2.45, 2.75) is 19.8 Å². The molecule has 1 unspecified atom stereocenters. The van der Waals surface area contributed by atoms with Gasteiger partial charge in [-0.3, -0.25) is 14.9 Å². The molecular formula is C13H16FN3O3. The predicted octanol–water partition coefficient (Wildman–Crippen LogP) is 2.06. The van der Waals surface area contributed by atoms with Crippen LogP contribution in [-0.2, 0) is 4.79 Å². The standard InChI is InChI=1S/C13H16FN3O3/c1-13(5-2-6-15-8-13)12(18)16-9-3-4-11(17(19)20)10(14)7-9/h3-4,7,15H,2,5-6,8H2,1H3,(H,16,18). The molecule has 1 aliphatic heterocycles. The van der Waals surface area contributed by atoms with Gasteiger partial charge in [0.15, 0.2) is 0 Å². The molecule has 7 heteroatoms. The first-order valence-electron chi connectivity index (χ1n) is 6.38. The number of nitrogens with one attached hydrogen (secondary N) is 2. The van der Waals surface area contributed by atoms with E-state index in [0.717, 1.165) is 31.5 Å². The number of carbonyl (C=O) groups is 1. The van der Waals surface area contributed by atoms with Crippen molar-refractivity contribution in [2.75, 3.05) is 18.4 Å². The summed E-state index contributed by atoms with van der Waals surface area (Å²) in [5.41, 5.74) is -0.922. The Morgan fingerprint density at radius 3 is 2.85 bits per heavy atom. The number of nitro groups is 1. The van der Waals surface area contributed by atoms with Crippen molar-refractivity contribution in [1.29, 1.82) is 0 Å². The molecule has 20 heavy (non-hydrogen) atoms. The van der Waals surface area contributed by atoms with Gasteiger partial charge in [0.05, 0.1) is 10.3 Å². The molecule has 0 saturated carbocycles. The Hall–Kier alpha value is -2.02. The first kappa shape index (κ1) is 14.4. The summed E-state index contributed by atoms with van der Waals surface area (Å²) >= 11 is 0. The van der Waals surface area contributed by atoms with E-state index in [-0.39, 0.29) is 11.6 Å². The van der Waals surface area contributed by atoms with Crippen molar-refractivity contribution in [2.24, 2.45) is 5.41 Å². The Kier molecular flexibility index (Phi) is 3.99. The van der Waals surface area contributed by atoms with E-state index in [9.17, 15) is 19.3 Å². The second-order valence-corrected chi connectivity index (χ2v) is 5.22. The second-order valence-electron chi connectivity index (χ2n) is 5.22. The monoisotopic (exact) mass is 281 g/mol. The molecule has 6 nitrogen and oxygen atoms in total. The third-order valence-corrected chi connectivity index (χ3v) is 3.55. The number of nitrogens with zero attached hydrogens (tertiary/aromatic N) is 1. The molecule has 0 aliphatic carbocycles. The van der Waals surface area contributed by atoms with Crippen LogP contribution in [0.15, 0.2) is 18.2 Å². The summed E-state index contributed by atoms with van der Waals surface area (Å²) in [5.74, 6) is -1.17. The summed E-state index contributed by atoms with van der Waals surface area (Å²) in [6.07, 6.45) is 1.65. The Labute approximate surface area is 115 Å². The third kappa shape index (κ3) is 2.93. The molecular weight excluding hydrogens is 265 g/mol. The van der Waals surface area contributed by atoms with Gasteiger partial charge in [0.1, 0.15) is 0 Å². The molecule has 1 saturated heterocycles. The summed E-state index contributed by atoms with van der Waals surface area (Å²) in [4.78, 5) is 21.9. The Bertz CT molecular complexity index is 542. The van der Waals surface area contributed by atoms with Crippen LogP contribution in [0.4, 0.5) is 15.8 Å². The summed E-state index contributed by atoms with van der Waals surface area (Å²) in [6, 6.07) is 3.35. The lowest BCUT2D eigenvalue weighted by Gasteiger charge is -2.32. The van der Waals surface area contributed by atoms with Crippen molar-refractivity contribution in [3.8, 4) is 0 Å². The predicted molar refractivity (Wildman–Crippen MR) is 71.9 cm³/mol. The maximum atomic E-state index is 13.5. The van der Waals surface area contributed by atoms with E-state index in [1.165, 1.54) is 6.07 Å². The minimum atomic E-state index is -0.959. The van der Waals surface area contributed by atoms with E-state index in [0.29, 0.717) is 6.54 Å². The van der Waals surface area contributed by atoms with Gasteiger partial charge in [0.25, 0.3) is 0 Å². The van der Waals surface area contributed by atoms with E-state index in [1.807, 2.05) is 6.92 Å². The minimum Gasteiger partial charge on any atom is -0.325 e. The topological polar surface area (TPSA) is 84.3 Å². The van der Waals surface area contributed by atoms with E-state index in [4.69, 9.17) is 0 Å². The van der Waals surface area contributed by atoms with E-state index < -0.39 is 21.8 Å². The fourth-order valence-electron chi connectivity index (χ4n) is 2.26. The number of rotatable bonds is 3. The molecule has 0 aromatic heterocycles. The fourth-order valence-corrected chi connectivity index (χ4v) is 2.26. The van der Waals surface area contributed by atoms with Gasteiger partial charge in [0, 0.05) is 24.4 Å². The molecule has 1 amide bonds. The van der Waals surface area contributed by atoms with Gasteiger partial charge in [-0.05, 0) is 32.4 Å². The smallest absolute Gasteiger partial charge is 0.304 e. The van der Waals surface area contributed by atoms with Crippen LogP contribution in [0, 0.1) is 21.3 Å². The van der Waals surface area contributed by atoms with E-state index in [2.05, 4.69) is 10.6 Å². The molecule has 2 N–H and O–H groups in total. The summed E-state index contributed by atoms with van der Waals surface area (Å²) in [6.45, 7) is 3.29. The maximum absolute atomic E-state index is 13.5. The van der Waals surface area contributed by atoms with Gasteiger partial charge in [0.2, 0.25) is 11.7 Å². The Morgan fingerprint density at radius 1 is 1.55 bits per heavy atom. The third-order valence-electron chi connectivity index (χ3n) is 3.55. The lowest BCUT2D eigenvalue weighted by Crippen LogP contribution is -2.46. The Balaban J connectivity index is 2.12. The number of nitro benzene ring substituents is 1. The van der Waals surface area contributed by atoms with Crippen molar-refractivity contribution in [3.63, 3.8) is 0 Å². The van der Waals surface area contributed by atoms with Crippen LogP contribution in [0.1, 0.15) is 19.8 Å². The number of hydrogen-bond donors (Lipinski definition) is 2. The first-order valence-corrected chi connectivity index (χ1v) is 6.38. The van der Waals surface area contributed by atoms with Crippen molar-refractivity contribution < 1.29 is 14.1 Å². The summed E-state index contributed by atoms with van der Waals surface area (Å²) in [7, 11) is 0. The van der Waals surface area contributed by atoms with Crippen molar-refractivity contribution in [3.05, 3.63) is 34.1 Å². The zero-order chi connectivity index (χ0) is 14.8. The number of benzene rings is 1. The van der Waals surface area contributed by atoms with Crippen LogP contribution in [-0.4, -0.2) is 23.9 Å². The van der Waals surface area contributed by atoms with Crippen LogP contribution in [0.25, 0.3) is 0 Å². The van der Waals surface area contributed by atoms with Crippen LogP contribution in [0.5, 0.6) is 0 Å². The molecule has 1 heterocycles. The average Bonchev–Trinajstić information content (AvgIpc) is 2.39. The number of anilines is 1. The lowest BCUT2D eigenvalue weighted by molar-refractivity contribution is -0.387. The number of piperidine rings is 1. The van der Waals surface area contributed by atoms with Crippen molar-refractivity contribution in [1.82, 2.24) is 5.32 Å². The summed E-state index contributed by atoms with van der Waals surface area (Å²) < 4.78 is 13.5. The molecule has 1 fully saturated rings. The molecule has 1 aromatic rings. The molecule has 0 bridgehead atoms. The van der Waals surface area contributed by atoms with Gasteiger partial charge in [-0.1, -0.05) is 0 Å². The van der Waals surface area contributed by atoms with Crippen LogP contribution < -0.4 is 10.6 Å². The number of amides is 1. The second kappa shape index (κ2) is 5.54. The van der Waals surface area contributed by atoms with E-state index in [1.54, 1.807) is 0 Å². The lowest BCUT2D eigenvalue weighted by atomic mass is 9.82. The quantitative estimate of drug-likeness (QED) is 0.656. The fraction of sp³-hybridized carbons (Fsp3) is 0.462. The van der Waals surface area contributed by atoms with Gasteiger partial charge in [-0.2, -0.15) is 4.39 Å². The van der Waals surface area contributed by atoms with Gasteiger partial charge in [-0.15, -0.1) is 0 Å². The minimum absolute atomic E-state index is 0.210. The molecule has 108 valence electrons. The largest absolute Gasteiger partial charge is 0.325 e. The molecule has 0 spiro atoms. The zero-order valence-corrected chi connectivity index (χ0v) is 11.1. The van der Waals surface area contributed by atoms with Crippen molar-refractivity contribution >= 4 is 17.3 Å². The Morgan fingerprint density at radius 2 is 2.30 bits per heavy atom. The highest BCUT2D eigenvalue weighted by molar-refractivity contribution is 5.95. The molecule has 0 radical (unpaired) electrons. The van der Waals surface area contributed by atoms with Crippen LogP contribution in [0.3, 0.4) is 0 Å². The highest BCUT2D eigenvalue weighted by Crippen LogP contribution is 2.28. The SMILES string of the molecule is CC1(C(=O)Nc2ccc([N+](=O)[O-])c(F)c2)CCCNC1.